The van der Waals surface area contributed by atoms with Gasteiger partial charge in [-0.05, 0) is 61.7 Å². The van der Waals surface area contributed by atoms with Gasteiger partial charge in [0.05, 0.1) is 20.6 Å². The van der Waals surface area contributed by atoms with Crippen molar-refractivity contribution in [3.63, 3.8) is 0 Å². The normalized spacial score (nSPS) is 33.6. The number of piperidine rings is 1. The number of methoxy groups -OCH3 is 2. The van der Waals surface area contributed by atoms with E-state index in [-0.39, 0.29) is 11.2 Å². The van der Waals surface area contributed by atoms with Gasteiger partial charge in [0.25, 0.3) is 0 Å². The Balaban J connectivity index is 1.14. The van der Waals surface area contributed by atoms with E-state index in [4.69, 9.17) is 14.2 Å². The zero-order valence-electron chi connectivity index (χ0n) is 19.9. The predicted octanol–water partition coefficient (Wildman–Crippen LogP) is 4.64. The fourth-order valence-corrected chi connectivity index (χ4v) is 8.23. The fraction of sp³-hybridized carbons (Fsp3) is 0.704. The van der Waals surface area contributed by atoms with Crippen molar-refractivity contribution in [3.8, 4) is 17.2 Å². The average molecular weight is 454 g/mol. The SMILES string of the molecule is COc1cc(OC)c2c(c1)OC1(CCN(C(=O)CC34CC5CC(CC(C5)C3)C4)CC1)CC2=O. The molecule has 6 aliphatic rings. The van der Waals surface area contributed by atoms with E-state index in [2.05, 4.69) is 0 Å². The summed E-state index contributed by atoms with van der Waals surface area (Å²) in [5.41, 5.74) is 0.229. The molecule has 1 spiro atoms. The molecule has 1 aromatic carbocycles. The Bertz CT molecular complexity index is 942. The summed E-state index contributed by atoms with van der Waals surface area (Å²) in [6.07, 6.45) is 10.4. The maximum atomic E-state index is 13.4. The molecule has 1 saturated heterocycles. The third-order valence-corrected chi connectivity index (χ3v) is 9.30. The van der Waals surface area contributed by atoms with Crippen LogP contribution in [0.5, 0.6) is 17.2 Å². The maximum absolute atomic E-state index is 13.4. The summed E-state index contributed by atoms with van der Waals surface area (Å²) in [5, 5.41) is 0. The quantitative estimate of drug-likeness (QED) is 0.665. The fourth-order valence-electron chi connectivity index (χ4n) is 8.23. The third kappa shape index (κ3) is 3.60. The molecule has 6 nitrogen and oxygen atoms in total. The Kier molecular flexibility index (Phi) is 4.93. The molecule has 0 atom stereocenters. The Morgan fingerprint density at radius 2 is 1.67 bits per heavy atom. The van der Waals surface area contributed by atoms with Crippen molar-refractivity contribution in [1.82, 2.24) is 4.90 Å². The molecule has 0 radical (unpaired) electrons. The molecule has 0 unspecified atom stereocenters. The van der Waals surface area contributed by atoms with E-state index in [1.165, 1.54) is 38.5 Å². The van der Waals surface area contributed by atoms with Crippen molar-refractivity contribution in [2.75, 3.05) is 27.3 Å². The monoisotopic (exact) mass is 453 g/mol. The summed E-state index contributed by atoms with van der Waals surface area (Å²) in [6.45, 7) is 1.32. The maximum Gasteiger partial charge on any atom is 0.223 e. The van der Waals surface area contributed by atoms with E-state index in [1.54, 1.807) is 26.4 Å². The van der Waals surface area contributed by atoms with Crippen molar-refractivity contribution in [2.24, 2.45) is 23.2 Å². The van der Waals surface area contributed by atoms with Crippen LogP contribution in [-0.2, 0) is 4.79 Å². The average Bonchev–Trinajstić information content (AvgIpc) is 2.77. The largest absolute Gasteiger partial charge is 0.496 e. The van der Waals surface area contributed by atoms with Gasteiger partial charge in [0.15, 0.2) is 5.78 Å². The van der Waals surface area contributed by atoms with Crippen molar-refractivity contribution in [1.29, 1.82) is 0 Å². The molecule has 1 aromatic rings. The first kappa shape index (κ1) is 21.3. The van der Waals surface area contributed by atoms with Gasteiger partial charge in [-0.15, -0.1) is 0 Å². The van der Waals surface area contributed by atoms with Crippen LogP contribution in [0.15, 0.2) is 12.1 Å². The summed E-state index contributed by atoms with van der Waals surface area (Å²) < 4.78 is 17.3. The second-order valence-electron chi connectivity index (χ2n) is 11.6. The second-order valence-corrected chi connectivity index (χ2v) is 11.6. The lowest BCUT2D eigenvalue weighted by Crippen LogP contribution is -2.53. The first-order valence-corrected chi connectivity index (χ1v) is 12.7. The molecule has 6 heteroatoms. The van der Waals surface area contributed by atoms with Crippen LogP contribution in [0.1, 0.15) is 74.6 Å². The highest BCUT2D eigenvalue weighted by Gasteiger charge is 2.52. The summed E-state index contributed by atoms with van der Waals surface area (Å²) in [6, 6.07) is 3.51. The van der Waals surface area contributed by atoms with Gasteiger partial charge in [0.2, 0.25) is 5.91 Å². The molecule has 178 valence electrons. The molecular formula is C27H35NO5. The van der Waals surface area contributed by atoms with Gasteiger partial charge in [0, 0.05) is 44.5 Å². The van der Waals surface area contributed by atoms with Crippen molar-refractivity contribution in [3.05, 3.63) is 17.7 Å². The zero-order chi connectivity index (χ0) is 22.8. The molecule has 7 rings (SSSR count). The minimum absolute atomic E-state index is 0.0455. The molecule has 5 fully saturated rings. The highest BCUT2D eigenvalue weighted by Crippen LogP contribution is 2.61. The van der Waals surface area contributed by atoms with Gasteiger partial charge in [-0.25, -0.2) is 0 Å². The molecule has 4 saturated carbocycles. The molecule has 2 aliphatic heterocycles. The molecule has 4 bridgehead atoms. The Morgan fingerprint density at radius 1 is 1.03 bits per heavy atom. The number of likely N-dealkylation sites (tertiary alicyclic amines) is 1. The van der Waals surface area contributed by atoms with Gasteiger partial charge < -0.3 is 19.1 Å². The van der Waals surface area contributed by atoms with Crippen LogP contribution in [-0.4, -0.2) is 49.5 Å². The topological polar surface area (TPSA) is 65.1 Å². The number of hydrogen-bond donors (Lipinski definition) is 0. The van der Waals surface area contributed by atoms with Gasteiger partial charge >= 0.3 is 0 Å². The lowest BCUT2D eigenvalue weighted by molar-refractivity contribution is -0.142. The van der Waals surface area contributed by atoms with E-state index in [9.17, 15) is 9.59 Å². The predicted molar refractivity (Wildman–Crippen MR) is 123 cm³/mol. The van der Waals surface area contributed by atoms with Crippen LogP contribution < -0.4 is 14.2 Å². The number of hydrogen-bond acceptors (Lipinski definition) is 5. The first-order valence-electron chi connectivity index (χ1n) is 12.7. The molecule has 2 heterocycles. The number of ketones is 1. The highest BCUT2D eigenvalue weighted by atomic mass is 16.5. The molecule has 1 amide bonds. The van der Waals surface area contributed by atoms with E-state index in [1.807, 2.05) is 4.90 Å². The number of benzene rings is 1. The van der Waals surface area contributed by atoms with Crippen molar-refractivity contribution in [2.45, 2.75) is 69.8 Å². The molecular weight excluding hydrogens is 418 g/mol. The number of fused-ring (bicyclic) bond motifs is 1. The van der Waals surface area contributed by atoms with Crippen molar-refractivity contribution >= 4 is 11.7 Å². The van der Waals surface area contributed by atoms with E-state index >= 15 is 0 Å². The molecule has 4 aliphatic carbocycles. The highest BCUT2D eigenvalue weighted by molar-refractivity contribution is 6.03. The van der Waals surface area contributed by atoms with Gasteiger partial charge in [-0.1, -0.05) is 0 Å². The lowest BCUT2D eigenvalue weighted by atomic mass is 9.49. The minimum atomic E-state index is -0.543. The van der Waals surface area contributed by atoms with Crippen LogP contribution in [0.4, 0.5) is 0 Å². The van der Waals surface area contributed by atoms with Gasteiger partial charge in [0.1, 0.15) is 28.4 Å². The number of carbonyl (C=O) groups excluding carboxylic acids is 2. The van der Waals surface area contributed by atoms with E-state index in [0.717, 1.165) is 24.2 Å². The summed E-state index contributed by atoms with van der Waals surface area (Å²) >= 11 is 0. The lowest BCUT2D eigenvalue weighted by Gasteiger charge is -2.57. The van der Waals surface area contributed by atoms with Crippen LogP contribution in [0.25, 0.3) is 0 Å². The zero-order valence-corrected chi connectivity index (χ0v) is 19.9. The van der Waals surface area contributed by atoms with Crippen molar-refractivity contribution < 1.29 is 23.8 Å². The number of nitrogens with zero attached hydrogens (tertiary/aromatic N) is 1. The molecule has 33 heavy (non-hydrogen) atoms. The summed E-state index contributed by atoms with van der Waals surface area (Å²) in [4.78, 5) is 28.5. The number of carbonyl (C=O) groups is 2. The van der Waals surface area contributed by atoms with Crippen LogP contribution >= 0.6 is 0 Å². The number of ether oxygens (including phenoxy) is 3. The van der Waals surface area contributed by atoms with E-state index < -0.39 is 5.60 Å². The van der Waals surface area contributed by atoms with Gasteiger partial charge in [-0.2, -0.15) is 0 Å². The number of rotatable bonds is 4. The third-order valence-electron chi connectivity index (χ3n) is 9.30. The smallest absolute Gasteiger partial charge is 0.223 e. The van der Waals surface area contributed by atoms with Gasteiger partial charge in [-0.3, -0.25) is 9.59 Å². The summed E-state index contributed by atoms with van der Waals surface area (Å²) in [7, 11) is 3.15. The Hall–Kier alpha value is -2.24. The summed E-state index contributed by atoms with van der Waals surface area (Å²) in [5.74, 6) is 4.60. The van der Waals surface area contributed by atoms with Crippen LogP contribution in [0, 0.1) is 23.2 Å². The number of Topliss-reactive ketones (excluding diaryl/α,β-unsaturated/α-hetero) is 1. The van der Waals surface area contributed by atoms with E-state index in [0.29, 0.717) is 61.1 Å². The second kappa shape index (κ2) is 7.64. The van der Waals surface area contributed by atoms with Crippen LogP contribution in [0.3, 0.4) is 0 Å². The van der Waals surface area contributed by atoms with Crippen LogP contribution in [0.2, 0.25) is 0 Å². The molecule has 0 N–H and O–H groups in total. The molecule has 0 aromatic heterocycles. The Morgan fingerprint density at radius 3 is 2.24 bits per heavy atom. The standard InChI is InChI=1S/C27H35NO5/c1-31-20-10-22(32-2)25-21(29)15-27(33-23(25)11-20)3-5-28(6-4-27)24(30)16-26-12-17-7-18(13-26)9-19(8-17)14-26/h10-11,17-19H,3-9,12-16H2,1-2H3. The first-order chi connectivity index (χ1) is 15.9. The minimum Gasteiger partial charge on any atom is -0.496 e. The number of amides is 1. The Labute approximate surface area is 195 Å².